The lowest BCUT2D eigenvalue weighted by Gasteiger charge is -2.26. The highest BCUT2D eigenvalue weighted by Crippen LogP contribution is 2.04. The fourth-order valence-electron chi connectivity index (χ4n) is 1.53. The SMILES string of the molecule is CCCC(C)N(C)CC(O)CNCC. The van der Waals surface area contributed by atoms with E-state index in [-0.39, 0.29) is 6.10 Å². The summed E-state index contributed by atoms with van der Waals surface area (Å²) >= 11 is 0. The van der Waals surface area contributed by atoms with Gasteiger partial charge in [-0.05, 0) is 26.9 Å². The van der Waals surface area contributed by atoms with Crippen molar-refractivity contribution in [3.8, 4) is 0 Å². The zero-order valence-electron chi connectivity index (χ0n) is 10.1. The molecular weight excluding hydrogens is 176 g/mol. The normalized spacial score (nSPS) is 15.9. The van der Waals surface area contributed by atoms with Crippen LogP contribution >= 0.6 is 0 Å². The molecule has 2 unspecified atom stereocenters. The third-order valence-electron chi connectivity index (χ3n) is 2.59. The predicted octanol–water partition coefficient (Wildman–Crippen LogP) is 1.08. The van der Waals surface area contributed by atoms with Crippen molar-refractivity contribution < 1.29 is 5.11 Å². The first-order valence-corrected chi connectivity index (χ1v) is 5.70. The third kappa shape index (κ3) is 6.35. The van der Waals surface area contributed by atoms with Gasteiger partial charge in [0, 0.05) is 19.1 Å². The minimum atomic E-state index is -0.251. The first kappa shape index (κ1) is 13.9. The second-order valence-corrected chi connectivity index (χ2v) is 4.04. The minimum Gasteiger partial charge on any atom is -0.390 e. The van der Waals surface area contributed by atoms with E-state index >= 15 is 0 Å². The fourth-order valence-corrected chi connectivity index (χ4v) is 1.53. The molecule has 0 amide bonds. The molecule has 3 nitrogen and oxygen atoms in total. The van der Waals surface area contributed by atoms with Gasteiger partial charge in [-0.3, -0.25) is 0 Å². The van der Waals surface area contributed by atoms with E-state index < -0.39 is 0 Å². The highest BCUT2D eigenvalue weighted by atomic mass is 16.3. The quantitative estimate of drug-likeness (QED) is 0.618. The molecule has 0 bridgehead atoms. The van der Waals surface area contributed by atoms with E-state index in [4.69, 9.17) is 0 Å². The van der Waals surface area contributed by atoms with Crippen LogP contribution in [0, 0.1) is 0 Å². The molecular formula is C11H26N2O. The molecule has 0 rings (SSSR count). The molecule has 86 valence electrons. The molecule has 0 heterocycles. The molecule has 14 heavy (non-hydrogen) atoms. The average molecular weight is 202 g/mol. The van der Waals surface area contributed by atoms with Gasteiger partial charge in [-0.25, -0.2) is 0 Å². The highest BCUT2D eigenvalue weighted by molar-refractivity contribution is 4.68. The largest absolute Gasteiger partial charge is 0.390 e. The molecule has 0 saturated heterocycles. The van der Waals surface area contributed by atoms with E-state index in [1.807, 2.05) is 0 Å². The summed E-state index contributed by atoms with van der Waals surface area (Å²) < 4.78 is 0. The molecule has 0 aliphatic rings. The Balaban J connectivity index is 3.63. The summed E-state index contributed by atoms with van der Waals surface area (Å²) in [4.78, 5) is 2.23. The Bertz CT molecular complexity index is 130. The van der Waals surface area contributed by atoms with Gasteiger partial charge < -0.3 is 15.3 Å². The molecule has 0 spiro atoms. The predicted molar refractivity (Wildman–Crippen MR) is 61.6 cm³/mol. The number of nitrogens with one attached hydrogen (secondary N) is 1. The topological polar surface area (TPSA) is 35.5 Å². The summed E-state index contributed by atoms with van der Waals surface area (Å²) in [5, 5.41) is 12.8. The molecule has 2 atom stereocenters. The van der Waals surface area contributed by atoms with Gasteiger partial charge in [-0.15, -0.1) is 0 Å². The van der Waals surface area contributed by atoms with Gasteiger partial charge in [0.2, 0.25) is 0 Å². The summed E-state index contributed by atoms with van der Waals surface area (Å²) in [6.07, 6.45) is 2.15. The van der Waals surface area contributed by atoms with Crippen LogP contribution in [0.3, 0.4) is 0 Å². The van der Waals surface area contributed by atoms with Crippen LogP contribution in [0.15, 0.2) is 0 Å². The van der Waals surface area contributed by atoms with Gasteiger partial charge in [-0.2, -0.15) is 0 Å². The second-order valence-electron chi connectivity index (χ2n) is 4.04. The Kier molecular flexibility index (Phi) is 8.14. The lowest BCUT2D eigenvalue weighted by Crippen LogP contribution is -2.40. The first-order chi connectivity index (χ1) is 6.61. The number of likely N-dealkylation sites (N-methyl/N-ethyl adjacent to an activating group) is 2. The van der Waals surface area contributed by atoms with Crippen LogP contribution in [-0.4, -0.2) is 48.8 Å². The molecule has 2 N–H and O–H groups in total. The molecule has 0 aromatic rings. The minimum absolute atomic E-state index is 0.251. The van der Waals surface area contributed by atoms with Crippen molar-refractivity contribution >= 4 is 0 Å². The van der Waals surface area contributed by atoms with Crippen LogP contribution in [0.1, 0.15) is 33.6 Å². The Morgan fingerprint density at radius 3 is 2.50 bits per heavy atom. The number of aliphatic hydroxyl groups is 1. The summed E-state index contributed by atoms with van der Waals surface area (Å²) in [6, 6.07) is 0.566. The summed E-state index contributed by atoms with van der Waals surface area (Å²) in [5.41, 5.74) is 0. The van der Waals surface area contributed by atoms with Crippen molar-refractivity contribution in [3.63, 3.8) is 0 Å². The molecule has 0 aromatic carbocycles. The molecule has 0 fully saturated rings. The smallest absolute Gasteiger partial charge is 0.0791 e. The van der Waals surface area contributed by atoms with Crippen LogP contribution < -0.4 is 5.32 Å². The Labute approximate surface area is 88.5 Å². The van der Waals surface area contributed by atoms with E-state index in [2.05, 4.69) is 38.0 Å². The number of nitrogens with zero attached hydrogens (tertiary/aromatic N) is 1. The summed E-state index contributed by atoms with van der Waals surface area (Å²) in [7, 11) is 2.08. The van der Waals surface area contributed by atoms with E-state index in [1.54, 1.807) is 0 Å². The maximum atomic E-state index is 9.66. The van der Waals surface area contributed by atoms with Gasteiger partial charge in [0.1, 0.15) is 0 Å². The Morgan fingerprint density at radius 1 is 1.36 bits per heavy atom. The molecule has 0 saturated carbocycles. The number of rotatable bonds is 8. The highest BCUT2D eigenvalue weighted by Gasteiger charge is 2.12. The number of hydrogen-bond donors (Lipinski definition) is 2. The average Bonchev–Trinajstić information content (AvgIpc) is 2.15. The van der Waals surface area contributed by atoms with E-state index in [1.165, 1.54) is 12.8 Å². The Morgan fingerprint density at radius 2 is 2.00 bits per heavy atom. The maximum absolute atomic E-state index is 9.66. The lowest BCUT2D eigenvalue weighted by molar-refractivity contribution is 0.105. The van der Waals surface area contributed by atoms with E-state index in [9.17, 15) is 5.11 Å². The monoisotopic (exact) mass is 202 g/mol. The van der Waals surface area contributed by atoms with Crippen molar-refractivity contribution in [1.29, 1.82) is 0 Å². The van der Waals surface area contributed by atoms with Crippen molar-refractivity contribution in [2.45, 2.75) is 45.8 Å². The van der Waals surface area contributed by atoms with Crippen LogP contribution in [-0.2, 0) is 0 Å². The van der Waals surface area contributed by atoms with E-state index in [0.717, 1.165) is 13.1 Å². The number of aliphatic hydroxyl groups excluding tert-OH is 1. The van der Waals surface area contributed by atoms with Crippen LogP contribution in [0.5, 0.6) is 0 Å². The first-order valence-electron chi connectivity index (χ1n) is 5.70. The van der Waals surface area contributed by atoms with Gasteiger partial charge in [0.15, 0.2) is 0 Å². The van der Waals surface area contributed by atoms with Crippen molar-refractivity contribution in [2.75, 3.05) is 26.7 Å². The van der Waals surface area contributed by atoms with Crippen LogP contribution in [0.4, 0.5) is 0 Å². The third-order valence-corrected chi connectivity index (χ3v) is 2.59. The molecule has 3 heteroatoms. The van der Waals surface area contributed by atoms with Gasteiger partial charge in [0.05, 0.1) is 6.10 Å². The summed E-state index contributed by atoms with van der Waals surface area (Å²) in [5.74, 6) is 0. The van der Waals surface area contributed by atoms with Crippen molar-refractivity contribution in [2.24, 2.45) is 0 Å². The zero-order chi connectivity index (χ0) is 11.0. The van der Waals surface area contributed by atoms with Crippen molar-refractivity contribution in [3.05, 3.63) is 0 Å². The second kappa shape index (κ2) is 8.21. The molecule has 0 aliphatic carbocycles. The summed E-state index contributed by atoms with van der Waals surface area (Å²) in [6.45, 7) is 8.83. The Hall–Kier alpha value is -0.120. The zero-order valence-corrected chi connectivity index (χ0v) is 10.1. The van der Waals surface area contributed by atoms with Gasteiger partial charge in [-0.1, -0.05) is 20.3 Å². The fraction of sp³-hybridized carbons (Fsp3) is 1.00. The lowest BCUT2D eigenvalue weighted by atomic mass is 10.1. The van der Waals surface area contributed by atoms with Crippen molar-refractivity contribution in [1.82, 2.24) is 10.2 Å². The maximum Gasteiger partial charge on any atom is 0.0791 e. The molecule has 0 aliphatic heterocycles. The van der Waals surface area contributed by atoms with E-state index in [0.29, 0.717) is 12.6 Å². The number of hydrogen-bond acceptors (Lipinski definition) is 3. The van der Waals surface area contributed by atoms with Gasteiger partial charge in [0.25, 0.3) is 0 Å². The molecule has 0 radical (unpaired) electrons. The molecule has 0 aromatic heterocycles. The van der Waals surface area contributed by atoms with Gasteiger partial charge >= 0.3 is 0 Å². The van der Waals surface area contributed by atoms with Crippen LogP contribution in [0.25, 0.3) is 0 Å². The standard InChI is InChI=1S/C11H26N2O/c1-5-7-10(3)13(4)9-11(14)8-12-6-2/h10-12,14H,5-9H2,1-4H3. The van der Waals surface area contributed by atoms with Crippen LogP contribution in [0.2, 0.25) is 0 Å².